The van der Waals surface area contributed by atoms with Crippen LogP contribution in [0.5, 0.6) is 0 Å². The molecule has 0 aliphatic heterocycles. The molecular weight excluding hydrogens is 400 g/mol. The van der Waals surface area contributed by atoms with Gasteiger partial charge in [-0.25, -0.2) is 4.98 Å². The molecule has 154 valence electrons. The quantitative estimate of drug-likeness (QED) is 0.616. The predicted molar refractivity (Wildman–Crippen MR) is 115 cm³/mol. The van der Waals surface area contributed by atoms with Gasteiger partial charge in [0.05, 0.1) is 17.5 Å². The van der Waals surface area contributed by atoms with Crippen LogP contribution in [0.1, 0.15) is 40.0 Å². The molecule has 0 fully saturated rings. The molecule has 1 aromatic carbocycles. The number of nitrogens with two attached hydrogens (primary N) is 2. The van der Waals surface area contributed by atoms with E-state index < -0.39 is 17.1 Å². The Morgan fingerprint density at radius 1 is 1.13 bits per heavy atom. The SMILES string of the molecule is CCc1c(C#N)c(SC(C(N)=O)c2ccc(CC(N)=O)cc2)nc(N(C)C)c1C#N. The Bertz CT molecular complexity index is 1050. The fourth-order valence-electron chi connectivity index (χ4n) is 3.01. The molecule has 0 saturated carbocycles. The number of pyridine rings is 1. The van der Waals surface area contributed by atoms with E-state index in [1.807, 2.05) is 6.92 Å². The number of amides is 2. The molecule has 0 aliphatic rings. The van der Waals surface area contributed by atoms with E-state index in [2.05, 4.69) is 17.1 Å². The molecule has 9 heteroatoms. The number of hydrogen-bond acceptors (Lipinski definition) is 7. The lowest BCUT2D eigenvalue weighted by Gasteiger charge is -2.20. The lowest BCUT2D eigenvalue weighted by Crippen LogP contribution is -2.20. The van der Waals surface area contributed by atoms with E-state index in [9.17, 15) is 20.1 Å². The molecule has 1 atom stereocenters. The number of rotatable bonds is 8. The lowest BCUT2D eigenvalue weighted by atomic mass is 10.0. The zero-order valence-corrected chi connectivity index (χ0v) is 17.8. The van der Waals surface area contributed by atoms with E-state index in [0.717, 1.165) is 17.3 Å². The van der Waals surface area contributed by atoms with Gasteiger partial charge in [-0.15, -0.1) is 0 Å². The van der Waals surface area contributed by atoms with Gasteiger partial charge in [-0.2, -0.15) is 10.5 Å². The largest absolute Gasteiger partial charge is 0.369 e. The van der Waals surface area contributed by atoms with Gasteiger partial charge in [0, 0.05) is 14.1 Å². The number of anilines is 1. The summed E-state index contributed by atoms with van der Waals surface area (Å²) in [7, 11) is 3.51. The van der Waals surface area contributed by atoms with Crippen molar-refractivity contribution in [1.82, 2.24) is 4.98 Å². The van der Waals surface area contributed by atoms with E-state index in [-0.39, 0.29) is 12.0 Å². The highest BCUT2D eigenvalue weighted by molar-refractivity contribution is 8.00. The van der Waals surface area contributed by atoms with Crippen molar-refractivity contribution in [3.8, 4) is 12.1 Å². The summed E-state index contributed by atoms with van der Waals surface area (Å²) in [6, 6.07) is 11.1. The number of carbonyl (C=O) groups is 2. The van der Waals surface area contributed by atoms with Crippen molar-refractivity contribution in [3.05, 3.63) is 52.1 Å². The Morgan fingerprint density at radius 3 is 2.17 bits per heavy atom. The van der Waals surface area contributed by atoms with E-state index in [0.29, 0.717) is 34.0 Å². The average Bonchev–Trinajstić information content (AvgIpc) is 2.70. The van der Waals surface area contributed by atoms with Crippen LogP contribution >= 0.6 is 11.8 Å². The molecule has 0 spiro atoms. The molecule has 2 aromatic rings. The molecule has 1 heterocycles. The first-order chi connectivity index (χ1) is 14.2. The highest BCUT2D eigenvalue weighted by atomic mass is 32.2. The Kier molecular flexibility index (Phi) is 7.40. The Labute approximate surface area is 179 Å². The smallest absolute Gasteiger partial charge is 0.235 e. The number of thioether (sulfide) groups is 1. The van der Waals surface area contributed by atoms with Crippen molar-refractivity contribution < 1.29 is 9.59 Å². The number of primary amides is 2. The molecule has 4 N–H and O–H groups in total. The normalized spacial score (nSPS) is 11.2. The molecule has 0 bridgehead atoms. The maximum Gasteiger partial charge on any atom is 0.235 e. The van der Waals surface area contributed by atoms with Crippen LogP contribution in [-0.4, -0.2) is 30.9 Å². The van der Waals surface area contributed by atoms with Crippen LogP contribution in [0.4, 0.5) is 5.82 Å². The molecule has 0 radical (unpaired) electrons. The van der Waals surface area contributed by atoms with Gasteiger partial charge in [0.2, 0.25) is 11.8 Å². The van der Waals surface area contributed by atoms with Gasteiger partial charge < -0.3 is 16.4 Å². The third kappa shape index (κ3) is 4.88. The van der Waals surface area contributed by atoms with Crippen LogP contribution in [0.3, 0.4) is 0 Å². The number of hydrogen-bond donors (Lipinski definition) is 2. The maximum atomic E-state index is 12.2. The van der Waals surface area contributed by atoms with Crippen LogP contribution in [-0.2, 0) is 22.4 Å². The second-order valence-corrected chi connectivity index (χ2v) is 7.82. The van der Waals surface area contributed by atoms with Gasteiger partial charge in [-0.3, -0.25) is 9.59 Å². The summed E-state index contributed by atoms with van der Waals surface area (Å²) in [5.74, 6) is -0.620. The second-order valence-electron chi connectivity index (χ2n) is 6.73. The van der Waals surface area contributed by atoms with Crippen molar-refractivity contribution in [3.63, 3.8) is 0 Å². The molecule has 30 heavy (non-hydrogen) atoms. The van der Waals surface area contributed by atoms with Crippen LogP contribution in [0.25, 0.3) is 0 Å². The lowest BCUT2D eigenvalue weighted by molar-refractivity contribution is -0.118. The van der Waals surface area contributed by atoms with Crippen molar-refractivity contribution in [2.24, 2.45) is 11.5 Å². The maximum absolute atomic E-state index is 12.2. The average molecular weight is 423 g/mol. The molecule has 1 unspecified atom stereocenters. The summed E-state index contributed by atoms with van der Waals surface area (Å²) < 4.78 is 0. The summed E-state index contributed by atoms with van der Waals surface area (Å²) in [6.45, 7) is 1.86. The van der Waals surface area contributed by atoms with Gasteiger partial charge in [0.25, 0.3) is 0 Å². The van der Waals surface area contributed by atoms with Gasteiger partial charge in [0.15, 0.2) is 0 Å². The molecule has 2 amide bonds. The standard InChI is InChI=1S/C21H22N6O2S/c1-4-14-15(10-22)20(27(2)3)26-21(16(14)11-23)30-18(19(25)29)13-7-5-12(6-8-13)9-17(24)28/h5-8,18H,4,9H2,1-3H3,(H2,24,28)(H2,25,29). The topological polar surface area (TPSA) is 150 Å². The number of aromatic nitrogens is 1. The van der Waals surface area contributed by atoms with Crippen molar-refractivity contribution in [1.29, 1.82) is 10.5 Å². The second kappa shape index (κ2) is 9.77. The number of nitriles is 2. The van der Waals surface area contributed by atoms with E-state index in [1.165, 1.54) is 0 Å². The van der Waals surface area contributed by atoms with Gasteiger partial charge in [-0.1, -0.05) is 43.0 Å². The predicted octanol–water partition coefficient (Wildman–Crippen LogP) is 1.80. The first-order valence-corrected chi connectivity index (χ1v) is 9.98. The third-order valence-electron chi connectivity index (χ3n) is 4.40. The first kappa shape index (κ1) is 22.7. The Hall–Kier alpha value is -3.56. The monoisotopic (exact) mass is 422 g/mol. The minimum absolute atomic E-state index is 0.0937. The molecular formula is C21H22N6O2S. The minimum atomic E-state index is -0.806. The molecule has 2 rings (SSSR count). The molecule has 1 aromatic heterocycles. The highest BCUT2D eigenvalue weighted by Gasteiger charge is 2.26. The number of nitrogens with zero attached hydrogens (tertiary/aromatic N) is 4. The number of carbonyl (C=O) groups excluding carboxylic acids is 2. The summed E-state index contributed by atoms with van der Waals surface area (Å²) >= 11 is 1.07. The van der Waals surface area contributed by atoms with Gasteiger partial charge in [-0.05, 0) is 23.1 Å². The van der Waals surface area contributed by atoms with Crippen molar-refractivity contribution >= 4 is 29.4 Å². The minimum Gasteiger partial charge on any atom is -0.369 e. The molecule has 8 nitrogen and oxygen atoms in total. The van der Waals surface area contributed by atoms with E-state index in [1.54, 1.807) is 43.3 Å². The fraction of sp³-hybridized carbons (Fsp3) is 0.286. The summed E-state index contributed by atoms with van der Waals surface area (Å²) in [4.78, 5) is 29.5. The van der Waals surface area contributed by atoms with Crippen LogP contribution < -0.4 is 16.4 Å². The summed E-state index contributed by atoms with van der Waals surface area (Å²) in [5, 5.41) is 18.9. The number of benzene rings is 1. The van der Waals surface area contributed by atoms with Gasteiger partial charge in [0.1, 0.15) is 28.2 Å². The Balaban J connectivity index is 2.55. The molecule has 0 saturated heterocycles. The third-order valence-corrected chi connectivity index (χ3v) is 5.66. The van der Waals surface area contributed by atoms with Crippen LogP contribution in [0.15, 0.2) is 29.3 Å². The summed E-state index contributed by atoms with van der Waals surface area (Å²) in [5.41, 5.74) is 13.4. The van der Waals surface area contributed by atoms with E-state index >= 15 is 0 Å². The zero-order chi connectivity index (χ0) is 22.4. The van der Waals surface area contributed by atoms with Gasteiger partial charge >= 0.3 is 0 Å². The Morgan fingerprint density at radius 2 is 1.73 bits per heavy atom. The van der Waals surface area contributed by atoms with Crippen molar-refractivity contribution in [2.75, 3.05) is 19.0 Å². The zero-order valence-electron chi connectivity index (χ0n) is 17.0. The van der Waals surface area contributed by atoms with E-state index in [4.69, 9.17) is 11.5 Å². The van der Waals surface area contributed by atoms with Crippen molar-refractivity contribution in [2.45, 2.75) is 30.0 Å². The fourth-order valence-corrected chi connectivity index (χ4v) is 4.06. The van der Waals surface area contributed by atoms with Crippen LogP contribution in [0, 0.1) is 22.7 Å². The first-order valence-electron chi connectivity index (χ1n) is 9.10. The van der Waals surface area contributed by atoms with Crippen LogP contribution in [0.2, 0.25) is 0 Å². The molecule has 0 aliphatic carbocycles. The highest BCUT2D eigenvalue weighted by Crippen LogP contribution is 2.39. The summed E-state index contributed by atoms with van der Waals surface area (Å²) in [6.07, 6.45) is 0.558.